The number of benzene rings is 1. The third kappa shape index (κ3) is 2.75. The lowest BCUT2D eigenvalue weighted by Gasteiger charge is -2.08. The van der Waals surface area contributed by atoms with Crippen LogP contribution in [0.3, 0.4) is 0 Å². The molecule has 0 atom stereocenters. The second-order valence-corrected chi connectivity index (χ2v) is 3.42. The molecule has 0 aromatic heterocycles. The van der Waals surface area contributed by atoms with Gasteiger partial charge in [0.15, 0.2) is 0 Å². The Morgan fingerprint density at radius 2 is 2.20 bits per heavy atom. The number of hydrogen-bond acceptors (Lipinski definition) is 3. The van der Waals surface area contributed by atoms with Gasteiger partial charge in [0.1, 0.15) is 17.2 Å². The first-order valence-electron chi connectivity index (χ1n) is 3.90. The summed E-state index contributed by atoms with van der Waals surface area (Å²) in [6.45, 7) is 0. The predicted molar refractivity (Wildman–Crippen MR) is 57.0 cm³/mol. The lowest BCUT2D eigenvalue weighted by Crippen LogP contribution is -2.10. The van der Waals surface area contributed by atoms with Gasteiger partial charge in [-0.3, -0.25) is 4.79 Å². The summed E-state index contributed by atoms with van der Waals surface area (Å²) in [7, 11) is 0. The predicted octanol–water partition coefficient (Wildman–Crippen LogP) is 2.55. The molecule has 0 unspecified atom stereocenters. The molecule has 0 spiro atoms. The molecule has 1 amide bonds. The lowest BCUT2D eigenvalue weighted by atomic mass is 10.3. The number of anilines is 1. The van der Waals surface area contributed by atoms with Crippen molar-refractivity contribution in [2.75, 3.05) is 5.32 Å². The van der Waals surface area contributed by atoms with Crippen LogP contribution < -0.4 is 5.32 Å². The number of aromatic hydroxyl groups is 1. The monoisotopic (exact) mass is 244 g/mol. The van der Waals surface area contributed by atoms with Crippen LogP contribution in [-0.4, -0.2) is 11.0 Å². The van der Waals surface area contributed by atoms with E-state index in [0.717, 1.165) is 0 Å². The topological polar surface area (TPSA) is 73.1 Å². The number of nitrogens with one attached hydrogen (secondary N) is 1. The van der Waals surface area contributed by atoms with Crippen LogP contribution in [0, 0.1) is 11.3 Å². The highest BCUT2D eigenvalue weighted by atomic mass is 35.5. The van der Waals surface area contributed by atoms with Gasteiger partial charge >= 0.3 is 0 Å². The molecule has 0 saturated carbocycles. The SMILES string of the molecule is N#CCC(=O)Nc1c(Cl)ccc(O)c1Cl. The van der Waals surface area contributed by atoms with Crippen LogP contribution in [0.2, 0.25) is 10.0 Å². The van der Waals surface area contributed by atoms with Gasteiger partial charge in [-0.15, -0.1) is 0 Å². The molecule has 0 heterocycles. The van der Waals surface area contributed by atoms with E-state index in [1.807, 2.05) is 0 Å². The zero-order chi connectivity index (χ0) is 11.4. The van der Waals surface area contributed by atoms with Gasteiger partial charge in [0.2, 0.25) is 5.91 Å². The molecule has 0 radical (unpaired) electrons. The summed E-state index contributed by atoms with van der Waals surface area (Å²) >= 11 is 11.5. The maximum Gasteiger partial charge on any atom is 0.238 e. The maximum absolute atomic E-state index is 11.1. The van der Waals surface area contributed by atoms with Crippen LogP contribution in [0.5, 0.6) is 5.75 Å². The van der Waals surface area contributed by atoms with E-state index in [1.54, 1.807) is 6.07 Å². The fourth-order valence-corrected chi connectivity index (χ4v) is 1.38. The molecule has 0 saturated heterocycles. The third-order valence-corrected chi connectivity index (χ3v) is 2.27. The first kappa shape index (κ1) is 11.6. The van der Waals surface area contributed by atoms with Gasteiger partial charge in [0.25, 0.3) is 0 Å². The number of amides is 1. The molecular weight excluding hydrogens is 239 g/mol. The van der Waals surface area contributed by atoms with Crippen LogP contribution in [0.25, 0.3) is 0 Å². The summed E-state index contributed by atoms with van der Waals surface area (Å²) in [5, 5.41) is 20.0. The van der Waals surface area contributed by atoms with Crippen LogP contribution in [0.4, 0.5) is 5.69 Å². The van der Waals surface area contributed by atoms with Gasteiger partial charge < -0.3 is 10.4 Å². The molecule has 0 aliphatic rings. The van der Waals surface area contributed by atoms with E-state index in [1.165, 1.54) is 12.1 Å². The number of nitriles is 1. The molecule has 1 aromatic carbocycles. The zero-order valence-electron chi connectivity index (χ0n) is 7.42. The van der Waals surface area contributed by atoms with Crippen molar-refractivity contribution in [3.05, 3.63) is 22.2 Å². The fourth-order valence-electron chi connectivity index (χ4n) is 0.912. The Labute approximate surface area is 96.0 Å². The standard InChI is InChI=1S/C9H6Cl2N2O2/c10-5-1-2-6(14)8(11)9(5)13-7(15)3-4-12/h1-2,14H,3H2,(H,13,15). The van der Waals surface area contributed by atoms with E-state index >= 15 is 0 Å². The molecule has 1 rings (SSSR count). The molecule has 0 aliphatic carbocycles. The Kier molecular flexibility index (Phi) is 3.78. The second-order valence-electron chi connectivity index (χ2n) is 2.64. The zero-order valence-corrected chi connectivity index (χ0v) is 8.93. The van der Waals surface area contributed by atoms with E-state index in [0.29, 0.717) is 0 Å². The Bertz CT molecular complexity index is 440. The molecule has 4 nitrogen and oxygen atoms in total. The Hall–Kier alpha value is -1.44. The number of hydrogen-bond donors (Lipinski definition) is 2. The number of rotatable bonds is 2. The van der Waals surface area contributed by atoms with E-state index in [-0.39, 0.29) is 27.9 Å². The van der Waals surface area contributed by atoms with Gasteiger partial charge in [-0.25, -0.2) is 0 Å². The first-order chi connectivity index (χ1) is 7.06. The largest absolute Gasteiger partial charge is 0.506 e. The Balaban J connectivity index is 3.00. The molecule has 0 bridgehead atoms. The highest BCUT2D eigenvalue weighted by molar-refractivity contribution is 6.40. The fraction of sp³-hybridized carbons (Fsp3) is 0.111. The molecule has 0 aliphatic heterocycles. The number of carbonyl (C=O) groups excluding carboxylic acids is 1. The van der Waals surface area contributed by atoms with Crippen LogP contribution in [-0.2, 0) is 4.79 Å². The molecule has 15 heavy (non-hydrogen) atoms. The highest BCUT2D eigenvalue weighted by Crippen LogP contribution is 2.36. The van der Waals surface area contributed by atoms with E-state index in [2.05, 4.69) is 5.32 Å². The minimum Gasteiger partial charge on any atom is -0.506 e. The van der Waals surface area contributed by atoms with Gasteiger partial charge in [0, 0.05) is 0 Å². The summed E-state index contributed by atoms with van der Waals surface area (Å²) < 4.78 is 0. The van der Waals surface area contributed by atoms with Gasteiger partial charge in [-0.1, -0.05) is 23.2 Å². The average molecular weight is 245 g/mol. The van der Waals surface area contributed by atoms with Crippen molar-refractivity contribution in [1.29, 1.82) is 5.26 Å². The van der Waals surface area contributed by atoms with Crippen molar-refractivity contribution in [2.45, 2.75) is 6.42 Å². The first-order valence-corrected chi connectivity index (χ1v) is 4.65. The quantitative estimate of drug-likeness (QED) is 0.840. The number of phenols is 1. The van der Waals surface area contributed by atoms with Crippen molar-refractivity contribution in [3.8, 4) is 11.8 Å². The maximum atomic E-state index is 11.1. The Morgan fingerprint density at radius 1 is 1.53 bits per heavy atom. The Morgan fingerprint density at radius 3 is 2.80 bits per heavy atom. The van der Waals surface area contributed by atoms with Crippen molar-refractivity contribution >= 4 is 34.8 Å². The number of phenolic OH excluding ortho intramolecular Hbond substituents is 1. The number of carbonyl (C=O) groups is 1. The summed E-state index contributed by atoms with van der Waals surface area (Å²) in [4.78, 5) is 11.1. The summed E-state index contributed by atoms with van der Waals surface area (Å²) in [5.41, 5.74) is 0.110. The minimum atomic E-state index is -0.535. The molecule has 2 N–H and O–H groups in total. The van der Waals surface area contributed by atoms with Crippen LogP contribution >= 0.6 is 23.2 Å². The van der Waals surface area contributed by atoms with Gasteiger partial charge in [-0.05, 0) is 12.1 Å². The average Bonchev–Trinajstić information content (AvgIpc) is 2.19. The van der Waals surface area contributed by atoms with Gasteiger partial charge in [-0.2, -0.15) is 5.26 Å². The van der Waals surface area contributed by atoms with E-state index < -0.39 is 5.91 Å². The summed E-state index contributed by atoms with van der Waals surface area (Å²) in [6.07, 6.45) is -0.303. The van der Waals surface area contributed by atoms with Crippen molar-refractivity contribution < 1.29 is 9.90 Å². The van der Waals surface area contributed by atoms with Crippen molar-refractivity contribution in [2.24, 2.45) is 0 Å². The van der Waals surface area contributed by atoms with Crippen LogP contribution in [0.1, 0.15) is 6.42 Å². The highest BCUT2D eigenvalue weighted by Gasteiger charge is 2.12. The third-order valence-electron chi connectivity index (χ3n) is 1.57. The second kappa shape index (κ2) is 4.87. The molecule has 1 aromatic rings. The number of halogens is 2. The molecule has 0 fully saturated rings. The van der Waals surface area contributed by atoms with Crippen LogP contribution in [0.15, 0.2) is 12.1 Å². The molecule has 78 valence electrons. The normalized spacial score (nSPS) is 9.40. The summed E-state index contributed by atoms with van der Waals surface area (Å²) in [5.74, 6) is -0.722. The van der Waals surface area contributed by atoms with E-state index in [4.69, 9.17) is 28.5 Å². The smallest absolute Gasteiger partial charge is 0.238 e. The molecular formula is C9H6Cl2N2O2. The number of nitrogens with zero attached hydrogens (tertiary/aromatic N) is 1. The van der Waals surface area contributed by atoms with Crippen molar-refractivity contribution in [3.63, 3.8) is 0 Å². The minimum absolute atomic E-state index is 0.0474. The van der Waals surface area contributed by atoms with E-state index in [9.17, 15) is 9.90 Å². The summed E-state index contributed by atoms with van der Waals surface area (Å²) in [6, 6.07) is 4.38. The molecule has 6 heteroatoms. The van der Waals surface area contributed by atoms with Gasteiger partial charge in [0.05, 0.1) is 16.8 Å². The van der Waals surface area contributed by atoms with Crippen molar-refractivity contribution in [1.82, 2.24) is 0 Å². The lowest BCUT2D eigenvalue weighted by molar-refractivity contribution is -0.115.